The molecule has 3 nitrogen and oxygen atoms in total. The van der Waals surface area contributed by atoms with E-state index in [4.69, 9.17) is 16.3 Å². The smallest absolute Gasteiger partial charge is 0.230 e. The van der Waals surface area contributed by atoms with Crippen LogP contribution in [0.3, 0.4) is 0 Å². The molecule has 0 N–H and O–H groups in total. The second kappa shape index (κ2) is 5.67. The fraction of sp³-hybridized carbons (Fsp3) is 0.0769. The summed E-state index contributed by atoms with van der Waals surface area (Å²) in [5.41, 5.74) is 0.324. The van der Waals surface area contributed by atoms with Crippen LogP contribution < -0.4 is 4.74 Å². The number of hydrogen-bond acceptors (Lipinski definition) is 3. The van der Waals surface area contributed by atoms with Crippen molar-refractivity contribution in [3.05, 3.63) is 51.3 Å². The zero-order valence-electron chi connectivity index (χ0n) is 9.78. The third-order valence-electron chi connectivity index (χ3n) is 2.33. The maximum atomic E-state index is 13.4. The standard InChI is InChI=1S/C13H8BrClFNO2/c1-7(18)8-3-2-4-17-13(8)19-12-6-11(16)10(15)5-9(12)14/h2-6H,1H3. The topological polar surface area (TPSA) is 39.2 Å². The summed E-state index contributed by atoms with van der Waals surface area (Å²) in [5, 5.41) is -0.0213. The molecular formula is C13H8BrClFNO2. The molecule has 6 heteroatoms. The highest BCUT2D eigenvalue weighted by atomic mass is 79.9. The van der Waals surface area contributed by atoms with Gasteiger partial charge in [-0.1, -0.05) is 11.6 Å². The first-order chi connectivity index (χ1) is 8.99. The lowest BCUT2D eigenvalue weighted by atomic mass is 10.2. The van der Waals surface area contributed by atoms with E-state index in [1.807, 2.05) is 0 Å². The van der Waals surface area contributed by atoms with E-state index in [2.05, 4.69) is 20.9 Å². The number of nitrogens with zero attached hydrogens (tertiary/aromatic N) is 1. The monoisotopic (exact) mass is 343 g/mol. The van der Waals surface area contributed by atoms with Crippen LogP contribution in [0, 0.1) is 5.82 Å². The molecule has 0 saturated carbocycles. The molecule has 1 heterocycles. The Hall–Kier alpha value is -1.46. The van der Waals surface area contributed by atoms with Crippen LogP contribution in [0.1, 0.15) is 17.3 Å². The van der Waals surface area contributed by atoms with Crippen molar-refractivity contribution in [3.8, 4) is 11.6 Å². The Morgan fingerprint density at radius 3 is 2.89 bits per heavy atom. The number of benzene rings is 1. The molecule has 0 aliphatic heterocycles. The van der Waals surface area contributed by atoms with Crippen molar-refractivity contribution >= 4 is 33.3 Å². The van der Waals surface area contributed by atoms with Crippen molar-refractivity contribution in [3.63, 3.8) is 0 Å². The third kappa shape index (κ3) is 3.11. The number of aromatic nitrogens is 1. The summed E-state index contributed by atoms with van der Waals surface area (Å²) in [7, 11) is 0. The van der Waals surface area contributed by atoms with Gasteiger partial charge in [0, 0.05) is 12.3 Å². The summed E-state index contributed by atoms with van der Waals surface area (Å²) in [6.07, 6.45) is 1.49. The predicted molar refractivity (Wildman–Crippen MR) is 73.4 cm³/mol. The van der Waals surface area contributed by atoms with Gasteiger partial charge in [0.25, 0.3) is 0 Å². The molecule has 1 aromatic heterocycles. The molecule has 0 unspecified atom stereocenters. The number of ether oxygens (including phenoxy) is 1. The Morgan fingerprint density at radius 1 is 1.47 bits per heavy atom. The second-order valence-electron chi connectivity index (χ2n) is 3.71. The van der Waals surface area contributed by atoms with Crippen LogP contribution in [-0.4, -0.2) is 10.8 Å². The van der Waals surface area contributed by atoms with Gasteiger partial charge in [-0.05, 0) is 41.1 Å². The van der Waals surface area contributed by atoms with Crippen molar-refractivity contribution in [2.75, 3.05) is 0 Å². The van der Waals surface area contributed by atoms with Crippen molar-refractivity contribution < 1.29 is 13.9 Å². The lowest BCUT2D eigenvalue weighted by Crippen LogP contribution is -1.99. The summed E-state index contributed by atoms with van der Waals surface area (Å²) in [4.78, 5) is 15.4. The maximum absolute atomic E-state index is 13.4. The van der Waals surface area contributed by atoms with Gasteiger partial charge < -0.3 is 4.74 Å². The SMILES string of the molecule is CC(=O)c1cccnc1Oc1cc(F)c(Cl)cc1Br. The molecule has 98 valence electrons. The second-order valence-corrected chi connectivity index (χ2v) is 4.97. The highest BCUT2D eigenvalue weighted by Gasteiger charge is 2.13. The molecule has 0 atom stereocenters. The fourth-order valence-corrected chi connectivity index (χ4v) is 2.15. The van der Waals surface area contributed by atoms with Gasteiger partial charge in [0.1, 0.15) is 11.6 Å². The van der Waals surface area contributed by atoms with E-state index >= 15 is 0 Å². The summed E-state index contributed by atoms with van der Waals surface area (Å²) in [6, 6.07) is 5.72. The van der Waals surface area contributed by atoms with Crippen LogP contribution in [0.15, 0.2) is 34.9 Å². The van der Waals surface area contributed by atoms with Crippen molar-refractivity contribution in [2.24, 2.45) is 0 Å². The zero-order chi connectivity index (χ0) is 14.0. The first kappa shape index (κ1) is 14.0. The summed E-state index contributed by atoms with van der Waals surface area (Å²) < 4.78 is 19.3. The van der Waals surface area contributed by atoms with Gasteiger partial charge in [-0.25, -0.2) is 9.37 Å². The number of carbonyl (C=O) groups excluding carboxylic acids is 1. The van der Waals surface area contributed by atoms with E-state index in [-0.39, 0.29) is 22.4 Å². The van der Waals surface area contributed by atoms with E-state index in [9.17, 15) is 9.18 Å². The molecule has 2 aromatic rings. The molecule has 0 aliphatic rings. The van der Waals surface area contributed by atoms with E-state index in [1.165, 1.54) is 19.2 Å². The molecule has 1 aromatic carbocycles. The summed E-state index contributed by atoms with van der Waals surface area (Å²) in [6.45, 7) is 1.40. The lowest BCUT2D eigenvalue weighted by Gasteiger charge is -2.10. The Bertz CT molecular complexity index is 649. The van der Waals surface area contributed by atoms with Gasteiger partial charge >= 0.3 is 0 Å². The molecule has 0 radical (unpaired) electrons. The quantitative estimate of drug-likeness (QED) is 0.602. The highest BCUT2D eigenvalue weighted by Crippen LogP contribution is 2.34. The molecule has 0 saturated heterocycles. The molecule has 0 spiro atoms. The molecule has 0 fully saturated rings. The zero-order valence-corrected chi connectivity index (χ0v) is 12.1. The van der Waals surface area contributed by atoms with Gasteiger partial charge in [0.05, 0.1) is 15.1 Å². The Labute approximate surface area is 122 Å². The summed E-state index contributed by atoms with van der Waals surface area (Å²) >= 11 is 8.85. The number of carbonyl (C=O) groups is 1. The van der Waals surface area contributed by atoms with Crippen LogP contribution >= 0.6 is 27.5 Å². The van der Waals surface area contributed by atoms with Gasteiger partial charge in [-0.2, -0.15) is 0 Å². The van der Waals surface area contributed by atoms with Crippen LogP contribution in [0.4, 0.5) is 4.39 Å². The van der Waals surface area contributed by atoms with Crippen molar-refractivity contribution in [2.45, 2.75) is 6.92 Å². The first-order valence-electron chi connectivity index (χ1n) is 5.27. The average molecular weight is 345 g/mol. The number of rotatable bonds is 3. The van der Waals surface area contributed by atoms with Crippen LogP contribution in [0.25, 0.3) is 0 Å². The Balaban J connectivity index is 2.42. The van der Waals surface area contributed by atoms with Crippen LogP contribution in [-0.2, 0) is 0 Å². The minimum atomic E-state index is -0.611. The minimum Gasteiger partial charge on any atom is -0.437 e. The largest absolute Gasteiger partial charge is 0.437 e. The molecule has 0 aliphatic carbocycles. The predicted octanol–water partition coefficient (Wildman–Crippen LogP) is 4.63. The maximum Gasteiger partial charge on any atom is 0.230 e. The van der Waals surface area contributed by atoms with Gasteiger partial charge in [0.15, 0.2) is 5.78 Å². The number of pyridine rings is 1. The molecule has 2 rings (SSSR count). The Morgan fingerprint density at radius 2 is 2.21 bits per heavy atom. The number of ketones is 1. The number of hydrogen-bond donors (Lipinski definition) is 0. The van der Waals surface area contributed by atoms with Crippen LogP contribution in [0.5, 0.6) is 11.6 Å². The molecular weight excluding hydrogens is 337 g/mol. The van der Waals surface area contributed by atoms with E-state index < -0.39 is 5.82 Å². The van der Waals surface area contributed by atoms with E-state index in [0.717, 1.165) is 6.07 Å². The average Bonchev–Trinajstić information content (AvgIpc) is 2.36. The summed E-state index contributed by atoms with van der Waals surface area (Å²) in [5.74, 6) is -0.477. The fourth-order valence-electron chi connectivity index (χ4n) is 1.43. The third-order valence-corrected chi connectivity index (χ3v) is 3.24. The van der Waals surface area contributed by atoms with Gasteiger partial charge in [-0.3, -0.25) is 4.79 Å². The highest BCUT2D eigenvalue weighted by molar-refractivity contribution is 9.10. The van der Waals surface area contributed by atoms with Crippen molar-refractivity contribution in [1.82, 2.24) is 4.98 Å². The number of halogens is 3. The normalized spacial score (nSPS) is 10.3. The first-order valence-corrected chi connectivity index (χ1v) is 6.44. The van der Waals surface area contributed by atoms with Gasteiger partial charge in [-0.15, -0.1) is 0 Å². The molecule has 0 amide bonds. The lowest BCUT2D eigenvalue weighted by molar-refractivity contribution is 0.101. The van der Waals surface area contributed by atoms with Crippen molar-refractivity contribution in [1.29, 1.82) is 0 Å². The van der Waals surface area contributed by atoms with Gasteiger partial charge in [0.2, 0.25) is 5.88 Å². The number of Topliss-reactive ketones (excluding diaryl/α,β-unsaturated/α-hetero) is 1. The Kier molecular flexibility index (Phi) is 4.17. The van der Waals surface area contributed by atoms with Crippen LogP contribution in [0.2, 0.25) is 5.02 Å². The molecule has 19 heavy (non-hydrogen) atoms. The molecule has 0 bridgehead atoms. The minimum absolute atomic E-state index is 0.0213. The van der Waals surface area contributed by atoms with E-state index in [0.29, 0.717) is 10.0 Å². The van der Waals surface area contributed by atoms with E-state index in [1.54, 1.807) is 12.1 Å².